The second-order valence-corrected chi connectivity index (χ2v) is 5.11. The Morgan fingerprint density at radius 1 is 1.44 bits per heavy atom. The Morgan fingerprint density at radius 2 is 2.11 bits per heavy atom. The van der Waals surface area contributed by atoms with Gasteiger partial charge in [-0.2, -0.15) is 0 Å². The van der Waals surface area contributed by atoms with Crippen molar-refractivity contribution < 1.29 is 9.50 Å². The molecule has 0 amide bonds. The van der Waals surface area contributed by atoms with E-state index in [0.717, 1.165) is 26.2 Å². The Hall–Kier alpha value is -0.910. The van der Waals surface area contributed by atoms with Crippen LogP contribution in [0.1, 0.15) is 11.6 Å². The molecule has 1 aromatic carbocycles. The molecular weight excluding hydrogens is 299 g/mol. The average Bonchev–Trinajstić information content (AvgIpc) is 2.40. The molecule has 5 heteroatoms. The molecule has 98 valence electrons. The van der Waals surface area contributed by atoms with Crippen LogP contribution in [0.15, 0.2) is 29.3 Å². The van der Waals surface area contributed by atoms with Crippen LogP contribution in [-0.2, 0) is 0 Å². The van der Waals surface area contributed by atoms with Gasteiger partial charge < -0.3 is 10.4 Å². The first-order valence-electron chi connectivity index (χ1n) is 5.89. The van der Waals surface area contributed by atoms with E-state index in [1.54, 1.807) is 12.1 Å². The molecule has 3 nitrogen and oxygen atoms in total. The first kappa shape index (κ1) is 13.5. The number of phenolic OH excluding ortho intramolecular Hbond substituents is 1. The lowest BCUT2D eigenvalue weighted by atomic mass is 10.0. The van der Waals surface area contributed by atoms with Crippen LogP contribution < -0.4 is 5.32 Å². The summed E-state index contributed by atoms with van der Waals surface area (Å²) >= 11 is 3.37. The van der Waals surface area contributed by atoms with Gasteiger partial charge in [0, 0.05) is 36.2 Å². The smallest absolute Gasteiger partial charge is 0.165 e. The molecule has 2 N–H and O–H groups in total. The normalized spacial score (nSPS) is 18.6. The van der Waals surface area contributed by atoms with Gasteiger partial charge in [0.15, 0.2) is 11.6 Å². The molecule has 0 aliphatic carbocycles. The van der Waals surface area contributed by atoms with Crippen molar-refractivity contribution in [2.24, 2.45) is 0 Å². The first-order valence-corrected chi connectivity index (χ1v) is 6.68. The van der Waals surface area contributed by atoms with E-state index in [0.29, 0.717) is 10.0 Å². The third kappa shape index (κ3) is 2.58. The van der Waals surface area contributed by atoms with Crippen molar-refractivity contribution in [3.8, 4) is 5.75 Å². The van der Waals surface area contributed by atoms with Crippen LogP contribution in [0.4, 0.5) is 4.39 Å². The van der Waals surface area contributed by atoms with Crippen molar-refractivity contribution in [1.82, 2.24) is 10.2 Å². The monoisotopic (exact) mass is 314 g/mol. The van der Waals surface area contributed by atoms with Gasteiger partial charge in [0.2, 0.25) is 0 Å². The topological polar surface area (TPSA) is 35.5 Å². The molecule has 0 bridgehead atoms. The van der Waals surface area contributed by atoms with E-state index in [1.165, 1.54) is 6.07 Å². The zero-order valence-electron chi connectivity index (χ0n) is 10.00. The number of aromatic hydroxyl groups is 1. The summed E-state index contributed by atoms with van der Waals surface area (Å²) in [6, 6.07) is 2.68. The maximum absolute atomic E-state index is 13.5. The third-order valence-electron chi connectivity index (χ3n) is 3.18. The fourth-order valence-corrected chi connectivity index (χ4v) is 2.80. The van der Waals surface area contributed by atoms with Crippen molar-refractivity contribution in [1.29, 1.82) is 0 Å². The minimum absolute atomic E-state index is 0.183. The van der Waals surface area contributed by atoms with E-state index >= 15 is 0 Å². The van der Waals surface area contributed by atoms with E-state index in [1.807, 2.05) is 0 Å². The molecule has 1 saturated heterocycles. The van der Waals surface area contributed by atoms with Gasteiger partial charge in [-0.1, -0.05) is 22.0 Å². The predicted octanol–water partition coefficient (Wildman–Crippen LogP) is 2.43. The maximum Gasteiger partial charge on any atom is 0.165 e. The molecule has 0 saturated carbocycles. The Kier molecular flexibility index (Phi) is 4.37. The molecule has 2 rings (SSSR count). The summed E-state index contributed by atoms with van der Waals surface area (Å²) in [4.78, 5) is 2.17. The summed E-state index contributed by atoms with van der Waals surface area (Å²) in [5, 5.41) is 13.2. The van der Waals surface area contributed by atoms with Gasteiger partial charge in [-0.15, -0.1) is 6.58 Å². The van der Waals surface area contributed by atoms with Gasteiger partial charge in [-0.3, -0.25) is 4.90 Å². The number of rotatable bonds is 3. The molecule has 1 fully saturated rings. The lowest BCUT2D eigenvalue weighted by molar-refractivity contribution is 0.199. The minimum atomic E-state index is -0.602. The van der Waals surface area contributed by atoms with E-state index in [9.17, 15) is 9.50 Å². The van der Waals surface area contributed by atoms with Gasteiger partial charge in [0.05, 0.1) is 6.04 Å². The van der Waals surface area contributed by atoms with Gasteiger partial charge >= 0.3 is 0 Å². The van der Waals surface area contributed by atoms with Crippen LogP contribution in [0.3, 0.4) is 0 Å². The van der Waals surface area contributed by atoms with Crippen LogP contribution in [-0.4, -0.2) is 36.2 Å². The molecule has 18 heavy (non-hydrogen) atoms. The third-order valence-corrected chi connectivity index (χ3v) is 3.87. The fraction of sp³-hybridized carbons (Fsp3) is 0.385. The van der Waals surface area contributed by atoms with Crippen LogP contribution in [0.5, 0.6) is 5.75 Å². The molecule has 1 heterocycles. The van der Waals surface area contributed by atoms with E-state index in [4.69, 9.17) is 0 Å². The van der Waals surface area contributed by atoms with Gasteiger partial charge in [0.25, 0.3) is 0 Å². The number of halogens is 2. The highest BCUT2D eigenvalue weighted by atomic mass is 79.9. The summed E-state index contributed by atoms with van der Waals surface area (Å²) in [7, 11) is 0. The van der Waals surface area contributed by atoms with Crippen molar-refractivity contribution >= 4 is 15.9 Å². The Bertz CT molecular complexity index is 447. The second-order valence-electron chi connectivity index (χ2n) is 4.26. The number of nitrogens with zero attached hydrogens (tertiary/aromatic N) is 1. The van der Waals surface area contributed by atoms with Crippen LogP contribution in [0.2, 0.25) is 0 Å². The van der Waals surface area contributed by atoms with Crippen molar-refractivity contribution in [3.05, 3.63) is 40.6 Å². The zero-order chi connectivity index (χ0) is 13.1. The van der Waals surface area contributed by atoms with Gasteiger partial charge in [-0.25, -0.2) is 4.39 Å². The largest absolute Gasteiger partial charge is 0.505 e. The molecule has 0 spiro atoms. The molecule has 1 aromatic rings. The number of piperazine rings is 1. The molecule has 0 aromatic heterocycles. The standard InChI is InChI=1S/C13H16BrFN2O/c1-2-11(17-7-5-16-6-8-17)12-9(14)3-4-10(15)13(12)18/h2-4,11,16,18H,1,5-8H2/t11-/m0/s1. The quantitative estimate of drug-likeness (QED) is 0.841. The Morgan fingerprint density at radius 3 is 2.72 bits per heavy atom. The number of benzene rings is 1. The average molecular weight is 315 g/mol. The number of nitrogens with one attached hydrogen (secondary N) is 1. The van der Waals surface area contributed by atoms with Crippen LogP contribution in [0, 0.1) is 5.82 Å². The molecule has 1 aliphatic rings. The van der Waals surface area contributed by atoms with Crippen LogP contribution >= 0.6 is 15.9 Å². The minimum Gasteiger partial charge on any atom is -0.505 e. The van der Waals surface area contributed by atoms with E-state index in [2.05, 4.69) is 32.7 Å². The molecule has 1 aliphatic heterocycles. The van der Waals surface area contributed by atoms with Crippen molar-refractivity contribution in [2.45, 2.75) is 6.04 Å². The number of hydrogen-bond donors (Lipinski definition) is 2. The SMILES string of the molecule is C=C[C@@H](c1c(Br)ccc(F)c1O)N1CCNCC1. The molecule has 0 radical (unpaired) electrons. The van der Waals surface area contributed by atoms with Crippen molar-refractivity contribution in [2.75, 3.05) is 26.2 Å². The van der Waals surface area contributed by atoms with Crippen LogP contribution in [0.25, 0.3) is 0 Å². The molecule has 0 unspecified atom stereocenters. The van der Waals surface area contributed by atoms with E-state index < -0.39 is 5.82 Å². The summed E-state index contributed by atoms with van der Waals surface area (Å²) in [6.45, 7) is 7.27. The van der Waals surface area contributed by atoms with Gasteiger partial charge in [0.1, 0.15) is 0 Å². The summed E-state index contributed by atoms with van der Waals surface area (Å²) in [6.07, 6.45) is 1.74. The molecule has 1 atom stereocenters. The zero-order valence-corrected chi connectivity index (χ0v) is 11.6. The summed E-state index contributed by atoms with van der Waals surface area (Å²) in [5.74, 6) is -0.900. The number of phenols is 1. The fourth-order valence-electron chi connectivity index (χ4n) is 2.25. The lowest BCUT2D eigenvalue weighted by Gasteiger charge is -2.34. The highest BCUT2D eigenvalue weighted by Crippen LogP contribution is 2.37. The predicted molar refractivity (Wildman–Crippen MR) is 73.1 cm³/mol. The Balaban J connectivity index is 2.37. The highest BCUT2D eigenvalue weighted by Gasteiger charge is 2.25. The molecular formula is C13H16BrFN2O. The summed E-state index contributed by atoms with van der Waals surface area (Å²) in [5.41, 5.74) is 0.548. The van der Waals surface area contributed by atoms with Crippen molar-refractivity contribution in [3.63, 3.8) is 0 Å². The second kappa shape index (κ2) is 5.82. The maximum atomic E-state index is 13.5. The summed E-state index contributed by atoms with van der Waals surface area (Å²) < 4.78 is 14.2. The number of hydrogen-bond acceptors (Lipinski definition) is 3. The van der Waals surface area contributed by atoms with Gasteiger partial charge in [-0.05, 0) is 12.1 Å². The lowest BCUT2D eigenvalue weighted by Crippen LogP contribution is -2.44. The van der Waals surface area contributed by atoms with E-state index in [-0.39, 0.29) is 11.8 Å². The first-order chi connectivity index (χ1) is 8.65. The Labute approximate surface area is 114 Å². The highest BCUT2D eigenvalue weighted by molar-refractivity contribution is 9.10.